The van der Waals surface area contributed by atoms with E-state index < -0.39 is 11.7 Å². The first-order chi connectivity index (χ1) is 11.3. The van der Waals surface area contributed by atoms with Gasteiger partial charge in [0.2, 0.25) is 5.91 Å². The number of anilines is 1. The van der Waals surface area contributed by atoms with Crippen molar-refractivity contribution in [3.8, 4) is 0 Å². The van der Waals surface area contributed by atoms with Crippen molar-refractivity contribution in [2.24, 2.45) is 5.73 Å². The van der Waals surface area contributed by atoms with Crippen LogP contribution in [0.15, 0.2) is 23.6 Å². The lowest BCUT2D eigenvalue weighted by Crippen LogP contribution is -2.14. The zero-order valence-corrected chi connectivity index (χ0v) is 13.9. The first-order valence-corrected chi connectivity index (χ1v) is 8.28. The van der Waals surface area contributed by atoms with E-state index >= 15 is 0 Å². The van der Waals surface area contributed by atoms with Crippen molar-refractivity contribution >= 4 is 22.9 Å². The summed E-state index contributed by atoms with van der Waals surface area (Å²) in [4.78, 5) is 16.2. The van der Waals surface area contributed by atoms with Crippen molar-refractivity contribution in [2.45, 2.75) is 38.9 Å². The van der Waals surface area contributed by atoms with Crippen molar-refractivity contribution in [1.82, 2.24) is 4.98 Å². The van der Waals surface area contributed by atoms with Gasteiger partial charge in [-0.1, -0.05) is 0 Å². The Morgan fingerprint density at radius 2 is 2.08 bits per heavy atom. The Morgan fingerprint density at radius 1 is 1.33 bits per heavy atom. The number of hydrogen-bond acceptors (Lipinski definition) is 4. The number of thiazole rings is 1. The maximum absolute atomic E-state index is 12.9. The lowest BCUT2D eigenvalue weighted by Gasteiger charge is -2.12. The van der Waals surface area contributed by atoms with Gasteiger partial charge in [0.05, 0.1) is 16.3 Å². The molecule has 0 aliphatic carbocycles. The van der Waals surface area contributed by atoms with Gasteiger partial charge in [-0.15, -0.1) is 11.3 Å². The third-order valence-corrected chi connectivity index (χ3v) is 4.17. The highest BCUT2D eigenvalue weighted by atomic mass is 32.1. The monoisotopic (exact) mass is 357 g/mol. The number of nitrogens with two attached hydrogens (primary N) is 1. The van der Waals surface area contributed by atoms with Crippen molar-refractivity contribution in [3.05, 3.63) is 45.4 Å². The lowest BCUT2D eigenvalue weighted by molar-refractivity contribution is -0.137. The highest BCUT2D eigenvalue weighted by Crippen LogP contribution is 2.32. The molecule has 0 saturated heterocycles. The molecular weight excluding hydrogens is 339 g/mol. The van der Waals surface area contributed by atoms with Crippen LogP contribution in [0.25, 0.3) is 0 Å². The van der Waals surface area contributed by atoms with Crippen LogP contribution in [0.5, 0.6) is 0 Å². The van der Waals surface area contributed by atoms with Gasteiger partial charge in [-0.3, -0.25) is 4.79 Å². The zero-order chi connectivity index (χ0) is 17.7. The van der Waals surface area contributed by atoms with Crippen molar-refractivity contribution < 1.29 is 18.0 Å². The number of carbonyl (C=O) groups excluding carboxylic acids is 1. The minimum atomic E-state index is -4.48. The highest BCUT2D eigenvalue weighted by Gasteiger charge is 2.31. The van der Waals surface area contributed by atoms with Gasteiger partial charge in [-0.05, 0) is 43.5 Å². The Labute approximate surface area is 141 Å². The molecule has 2 aromatic rings. The van der Waals surface area contributed by atoms with Crippen LogP contribution in [0.2, 0.25) is 0 Å². The Morgan fingerprint density at radius 3 is 2.67 bits per heavy atom. The summed E-state index contributed by atoms with van der Waals surface area (Å²) in [7, 11) is 0. The van der Waals surface area contributed by atoms with E-state index in [2.05, 4.69) is 10.3 Å². The molecule has 1 aromatic heterocycles. The van der Waals surface area contributed by atoms with E-state index in [4.69, 9.17) is 5.73 Å². The van der Waals surface area contributed by atoms with E-state index in [9.17, 15) is 18.0 Å². The van der Waals surface area contributed by atoms with E-state index in [0.717, 1.165) is 22.8 Å². The second kappa shape index (κ2) is 7.76. The second-order valence-corrected chi connectivity index (χ2v) is 6.44. The number of amides is 1. The average Bonchev–Trinajstić information content (AvgIpc) is 2.91. The normalized spacial score (nSPS) is 11.5. The minimum Gasteiger partial charge on any atom is -0.326 e. The Balaban J connectivity index is 1.95. The Hall–Kier alpha value is -1.93. The van der Waals surface area contributed by atoms with Crippen molar-refractivity contribution in [1.29, 1.82) is 0 Å². The van der Waals surface area contributed by atoms with Crippen LogP contribution in [-0.4, -0.2) is 10.9 Å². The van der Waals surface area contributed by atoms with Crippen molar-refractivity contribution in [2.75, 3.05) is 5.32 Å². The molecule has 0 atom stereocenters. The predicted octanol–water partition coefficient (Wildman–Crippen LogP) is 3.89. The number of aromatic nitrogens is 1. The first-order valence-electron chi connectivity index (χ1n) is 7.40. The molecule has 0 saturated carbocycles. The van der Waals surface area contributed by atoms with Crippen LogP contribution in [-0.2, 0) is 23.9 Å². The number of nitrogens with one attached hydrogen (secondary N) is 1. The summed E-state index contributed by atoms with van der Waals surface area (Å²) in [5.41, 5.74) is 5.96. The standard InChI is InChI=1S/C16H18F3N3OS/c1-10-21-13(9-24-10)3-2-4-15(23)22-14-6-11(8-20)5-12(7-14)16(17,18)19/h5-7,9H,2-4,8,20H2,1H3,(H,22,23). The molecule has 0 fully saturated rings. The molecular formula is C16H18F3N3OS. The molecule has 4 nitrogen and oxygen atoms in total. The predicted molar refractivity (Wildman–Crippen MR) is 87.8 cm³/mol. The van der Waals surface area contributed by atoms with Gasteiger partial charge >= 0.3 is 6.18 Å². The molecule has 0 radical (unpaired) electrons. The number of hydrogen-bond donors (Lipinski definition) is 2. The molecule has 3 N–H and O–H groups in total. The van der Waals surface area contributed by atoms with E-state index in [1.165, 1.54) is 6.07 Å². The third kappa shape index (κ3) is 5.31. The van der Waals surface area contributed by atoms with E-state index in [1.807, 2.05) is 12.3 Å². The van der Waals surface area contributed by atoms with Gasteiger partial charge < -0.3 is 11.1 Å². The van der Waals surface area contributed by atoms with E-state index in [-0.39, 0.29) is 24.6 Å². The minimum absolute atomic E-state index is 0.0318. The van der Waals surface area contributed by atoms with Crippen LogP contribution in [0.3, 0.4) is 0 Å². The van der Waals surface area contributed by atoms with Gasteiger partial charge in [0, 0.05) is 24.0 Å². The highest BCUT2D eigenvalue weighted by molar-refractivity contribution is 7.09. The van der Waals surface area contributed by atoms with Crippen LogP contribution in [0.1, 0.15) is 34.7 Å². The van der Waals surface area contributed by atoms with Gasteiger partial charge in [0.25, 0.3) is 0 Å². The second-order valence-electron chi connectivity index (χ2n) is 5.38. The molecule has 24 heavy (non-hydrogen) atoms. The van der Waals surface area contributed by atoms with Crippen LogP contribution >= 0.6 is 11.3 Å². The molecule has 0 aliphatic heterocycles. The average molecular weight is 357 g/mol. The lowest BCUT2D eigenvalue weighted by atomic mass is 10.1. The van der Waals surface area contributed by atoms with Gasteiger partial charge in [-0.2, -0.15) is 13.2 Å². The maximum Gasteiger partial charge on any atom is 0.416 e. The van der Waals surface area contributed by atoms with E-state index in [1.54, 1.807) is 11.3 Å². The number of benzene rings is 1. The summed E-state index contributed by atoms with van der Waals surface area (Å²) in [6.07, 6.45) is -3.02. The van der Waals surface area contributed by atoms with Crippen LogP contribution in [0.4, 0.5) is 18.9 Å². The quantitative estimate of drug-likeness (QED) is 0.824. The molecule has 0 aliphatic rings. The molecule has 1 aromatic carbocycles. The number of nitrogens with zero attached hydrogens (tertiary/aromatic N) is 1. The Kier molecular flexibility index (Phi) is 5.95. The molecule has 2 rings (SSSR count). The SMILES string of the molecule is Cc1nc(CCCC(=O)Nc2cc(CN)cc(C(F)(F)F)c2)cs1. The maximum atomic E-state index is 12.9. The summed E-state index contributed by atoms with van der Waals surface area (Å²) >= 11 is 1.54. The number of carbonyl (C=O) groups is 1. The number of alkyl halides is 3. The fraction of sp³-hybridized carbons (Fsp3) is 0.375. The van der Waals surface area contributed by atoms with Crippen LogP contribution < -0.4 is 11.1 Å². The largest absolute Gasteiger partial charge is 0.416 e. The summed E-state index contributed by atoms with van der Waals surface area (Å²) in [6, 6.07) is 3.36. The summed E-state index contributed by atoms with van der Waals surface area (Å²) in [6.45, 7) is 1.87. The van der Waals surface area contributed by atoms with Gasteiger partial charge in [0.15, 0.2) is 0 Å². The molecule has 130 valence electrons. The Bertz CT molecular complexity index is 713. The summed E-state index contributed by atoms with van der Waals surface area (Å²) < 4.78 is 38.6. The summed E-state index contributed by atoms with van der Waals surface area (Å²) in [5.74, 6) is -0.329. The van der Waals surface area contributed by atoms with Gasteiger partial charge in [0.1, 0.15) is 0 Å². The summed E-state index contributed by atoms with van der Waals surface area (Å²) in [5, 5.41) is 5.41. The van der Waals surface area contributed by atoms with E-state index in [0.29, 0.717) is 18.4 Å². The number of rotatable bonds is 6. The number of halogens is 3. The smallest absolute Gasteiger partial charge is 0.326 e. The first kappa shape index (κ1) is 18.4. The molecule has 1 heterocycles. The van der Waals surface area contributed by atoms with Gasteiger partial charge in [-0.25, -0.2) is 4.98 Å². The molecule has 8 heteroatoms. The van der Waals surface area contributed by atoms with Crippen molar-refractivity contribution in [3.63, 3.8) is 0 Å². The molecule has 0 spiro atoms. The topological polar surface area (TPSA) is 68.0 Å². The molecule has 0 unspecified atom stereocenters. The molecule has 1 amide bonds. The number of aryl methyl sites for hydroxylation is 2. The molecule has 0 bridgehead atoms. The third-order valence-electron chi connectivity index (χ3n) is 3.34. The fourth-order valence-corrected chi connectivity index (χ4v) is 2.87. The fourth-order valence-electron chi connectivity index (χ4n) is 2.22. The zero-order valence-electron chi connectivity index (χ0n) is 13.1. The van der Waals surface area contributed by atoms with Crippen LogP contribution in [0, 0.1) is 6.92 Å².